The fourth-order valence-corrected chi connectivity index (χ4v) is 7.50. The number of rotatable bonds is 51. The lowest BCUT2D eigenvalue weighted by atomic mass is 10.1. The molecule has 71 heavy (non-hydrogen) atoms. The summed E-state index contributed by atoms with van der Waals surface area (Å²) in [5, 5.41) is 0. The smallest absolute Gasteiger partial charge is 0.306 e. The maximum Gasteiger partial charge on any atom is 0.306 e. The van der Waals surface area contributed by atoms with E-state index in [9.17, 15) is 14.4 Å². The Balaban J connectivity index is 4.55. The van der Waals surface area contributed by atoms with E-state index in [1.54, 1.807) is 0 Å². The average Bonchev–Trinajstić information content (AvgIpc) is 3.37. The van der Waals surface area contributed by atoms with Crippen molar-refractivity contribution in [2.24, 2.45) is 0 Å². The molecule has 0 saturated carbocycles. The van der Waals surface area contributed by atoms with Gasteiger partial charge in [0.15, 0.2) is 6.10 Å². The number of esters is 3. The lowest BCUT2D eigenvalue weighted by Crippen LogP contribution is -2.30. The Bertz CT molecular complexity index is 1500. The van der Waals surface area contributed by atoms with E-state index in [1.165, 1.54) is 77.0 Å². The van der Waals surface area contributed by atoms with Gasteiger partial charge in [-0.15, -0.1) is 0 Å². The summed E-state index contributed by atoms with van der Waals surface area (Å²) in [6.45, 7) is 6.49. The summed E-state index contributed by atoms with van der Waals surface area (Å²) in [6.07, 6.45) is 80.3. The molecule has 0 aromatic heterocycles. The highest BCUT2D eigenvalue weighted by Crippen LogP contribution is 2.12. The number of unbranched alkanes of at least 4 members (excludes halogenated alkanes) is 20. The number of ether oxygens (including phenoxy) is 3. The van der Waals surface area contributed by atoms with Crippen LogP contribution in [0.4, 0.5) is 0 Å². The minimum atomic E-state index is -0.817. The standard InChI is InChI=1S/C65H106O6/c1-4-7-10-13-16-19-22-25-28-31-32-35-37-40-43-46-49-52-55-58-64(67)70-61-62(71-65(68)59-56-53-50-47-44-41-38-34-30-27-24-21-18-15-12-9-6-3)60-69-63(66)57-54-51-48-45-42-39-36-33-29-26-23-20-17-14-11-8-5-2/h16-21,25-30,32,35-36,38-41,43,62H,4-15,22-24,31,33-34,37,42,44-61H2,1-3H3/b19-16-,20-17-,21-18-,28-25-,29-26-,30-27-,35-32-,39-36-,41-38-,43-40-/t62-/m1/s1. The van der Waals surface area contributed by atoms with E-state index in [0.717, 1.165) is 135 Å². The Morgan fingerprint density at radius 3 is 0.789 bits per heavy atom. The largest absolute Gasteiger partial charge is 0.462 e. The maximum absolute atomic E-state index is 12.9. The van der Waals surface area contributed by atoms with Crippen LogP contribution in [0.15, 0.2) is 122 Å². The summed E-state index contributed by atoms with van der Waals surface area (Å²) in [4.78, 5) is 38.2. The predicted molar refractivity (Wildman–Crippen MR) is 306 cm³/mol. The van der Waals surface area contributed by atoms with Crippen LogP contribution in [0.5, 0.6) is 0 Å². The Kier molecular flexibility index (Phi) is 54.9. The number of carbonyl (C=O) groups excluding carboxylic acids is 3. The van der Waals surface area contributed by atoms with Crippen LogP contribution in [0.3, 0.4) is 0 Å². The molecule has 0 aliphatic heterocycles. The van der Waals surface area contributed by atoms with Crippen LogP contribution in [-0.2, 0) is 28.6 Å². The highest BCUT2D eigenvalue weighted by molar-refractivity contribution is 5.71. The van der Waals surface area contributed by atoms with Gasteiger partial charge in [-0.2, -0.15) is 0 Å². The van der Waals surface area contributed by atoms with Gasteiger partial charge in [0.25, 0.3) is 0 Å². The lowest BCUT2D eigenvalue weighted by Gasteiger charge is -2.18. The van der Waals surface area contributed by atoms with Crippen LogP contribution in [0.25, 0.3) is 0 Å². The van der Waals surface area contributed by atoms with Gasteiger partial charge in [-0.3, -0.25) is 14.4 Å². The van der Waals surface area contributed by atoms with Gasteiger partial charge in [-0.25, -0.2) is 0 Å². The Morgan fingerprint density at radius 2 is 0.507 bits per heavy atom. The molecule has 1 atom stereocenters. The normalized spacial score (nSPS) is 13.0. The fourth-order valence-electron chi connectivity index (χ4n) is 7.50. The molecule has 0 radical (unpaired) electrons. The minimum absolute atomic E-state index is 0.112. The van der Waals surface area contributed by atoms with E-state index in [2.05, 4.69) is 142 Å². The molecule has 0 aromatic carbocycles. The third-order valence-electron chi connectivity index (χ3n) is 11.9. The molecule has 0 rings (SSSR count). The summed E-state index contributed by atoms with van der Waals surface area (Å²) in [6, 6.07) is 0. The maximum atomic E-state index is 12.9. The number of hydrogen-bond acceptors (Lipinski definition) is 6. The third kappa shape index (κ3) is 56.6. The Hall–Kier alpha value is -4.19. The topological polar surface area (TPSA) is 78.9 Å². The second-order valence-electron chi connectivity index (χ2n) is 18.8. The van der Waals surface area contributed by atoms with E-state index in [0.29, 0.717) is 12.8 Å². The minimum Gasteiger partial charge on any atom is -0.462 e. The van der Waals surface area contributed by atoms with Gasteiger partial charge in [0.05, 0.1) is 0 Å². The van der Waals surface area contributed by atoms with Crippen LogP contribution in [0.2, 0.25) is 0 Å². The quantitative estimate of drug-likeness (QED) is 0.0261. The Labute approximate surface area is 437 Å². The van der Waals surface area contributed by atoms with Crippen molar-refractivity contribution in [3.8, 4) is 0 Å². The van der Waals surface area contributed by atoms with E-state index in [4.69, 9.17) is 14.2 Å². The van der Waals surface area contributed by atoms with Crippen molar-refractivity contribution in [3.05, 3.63) is 122 Å². The van der Waals surface area contributed by atoms with Gasteiger partial charge in [0.1, 0.15) is 13.2 Å². The highest BCUT2D eigenvalue weighted by Gasteiger charge is 2.19. The molecule has 0 aliphatic rings. The number of hydrogen-bond donors (Lipinski definition) is 0. The monoisotopic (exact) mass is 983 g/mol. The van der Waals surface area contributed by atoms with Crippen LogP contribution < -0.4 is 0 Å². The first-order valence-electron chi connectivity index (χ1n) is 29.0. The molecule has 402 valence electrons. The Morgan fingerprint density at radius 1 is 0.282 bits per heavy atom. The van der Waals surface area contributed by atoms with E-state index < -0.39 is 6.10 Å². The molecule has 0 N–H and O–H groups in total. The second-order valence-corrected chi connectivity index (χ2v) is 18.8. The van der Waals surface area contributed by atoms with Crippen molar-refractivity contribution in [1.29, 1.82) is 0 Å². The zero-order valence-corrected chi connectivity index (χ0v) is 45.9. The first kappa shape index (κ1) is 66.8. The molecule has 0 spiro atoms. The van der Waals surface area contributed by atoms with Crippen molar-refractivity contribution in [3.63, 3.8) is 0 Å². The van der Waals surface area contributed by atoms with Gasteiger partial charge in [-0.05, 0) is 141 Å². The first-order chi connectivity index (χ1) is 35.0. The van der Waals surface area contributed by atoms with Gasteiger partial charge in [0, 0.05) is 19.3 Å². The van der Waals surface area contributed by atoms with Crippen molar-refractivity contribution < 1.29 is 28.6 Å². The van der Waals surface area contributed by atoms with Gasteiger partial charge < -0.3 is 14.2 Å². The molecule has 0 amide bonds. The van der Waals surface area contributed by atoms with E-state index >= 15 is 0 Å². The van der Waals surface area contributed by atoms with Gasteiger partial charge >= 0.3 is 17.9 Å². The second kappa shape index (κ2) is 58.4. The molecular formula is C65H106O6. The van der Waals surface area contributed by atoms with Gasteiger partial charge in [0.2, 0.25) is 0 Å². The van der Waals surface area contributed by atoms with Crippen molar-refractivity contribution in [2.45, 2.75) is 258 Å². The highest BCUT2D eigenvalue weighted by atomic mass is 16.6. The predicted octanol–water partition coefficient (Wildman–Crippen LogP) is 19.6. The molecule has 0 aliphatic carbocycles. The summed E-state index contributed by atoms with van der Waals surface area (Å²) in [5.41, 5.74) is 0. The van der Waals surface area contributed by atoms with Crippen LogP contribution in [0, 0.1) is 0 Å². The molecule has 0 saturated heterocycles. The lowest BCUT2D eigenvalue weighted by molar-refractivity contribution is -0.167. The average molecular weight is 984 g/mol. The zero-order valence-electron chi connectivity index (χ0n) is 45.9. The SMILES string of the molecule is CCCCC/C=C\C/C=C\C/C=C\C/C=C\CCCCCC(=O)OC[C@@H](COC(=O)CCCCCC/C=C\C/C=C\C/C=C\CCCCC)OC(=O)CCCCCC/C=C\C/C=C\C/C=C\CCCCC. The molecule has 0 heterocycles. The summed E-state index contributed by atoms with van der Waals surface area (Å²) in [7, 11) is 0. The molecule has 0 bridgehead atoms. The van der Waals surface area contributed by atoms with Crippen molar-refractivity contribution >= 4 is 17.9 Å². The van der Waals surface area contributed by atoms with Crippen molar-refractivity contribution in [1.82, 2.24) is 0 Å². The molecule has 6 nitrogen and oxygen atoms in total. The zero-order chi connectivity index (χ0) is 51.4. The van der Waals surface area contributed by atoms with E-state index in [-0.39, 0.29) is 37.5 Å². The summed E-state index contributed by atoms with van der Waals surface area (Å²) < 4.78 is 16.8. The molecular weight excluding hydrogens is 877 g/mol. The number of carbonyl (C=O) groups is 3. The van der Waals surface area contributed by atoms with Crippen LogP contribution >= 0.6 is 0 Å². The number of allylic oxidation sites excluding steroid dienone is 20. The van der Waals surface area contributed by atoms with E-state index in [1.807, 2.05) is 0 Å². The summed E-state index contributed by atoms with van der Waals surface area (Å²) >= 11 is 0. The van der Waals surface area contributed by atoms with Crippen molar-refractivity contribution in [2.75, 3.05) is 13.2 Å². The third-order valence-corrected chi connectivity index (χ3v) is 11.9. The molecule has 6 heteroatoms. The first-order valence-corrected chi connectivity index (χ1v) is 29.0. The van der Waals surface area contributed by atoms with Crippen LogP contribution in [-0.4, -0.2) is 37.2 Å². The summed E-state index contributed by atoms with van der Waals surface area (Å²) in [5.74, 6) is -0.987. The molecule has 0 aromatic rings. The molecule has 0 fully saturated rings. The van der Waals surface area contributed by atoms with Crippen LogP contribution in [0.1, 0.15) is 252 Å². The fraction of sp³-hybridized carbons (Fsp3) is 0.646. The van der Waals surface area contributed by atoms with Gasteiger partial charge in [-0.1, -0.05) is 213 Å². The molecule has 0 unspecified atom stereocenters.